The normalized spacial score (nSPS) is 10.2. The second-order valence-corrected chi connectivity index (χ2v) is 3.07. The highest BCUT2D eigenvalue weighted by Gasteiger charge is 1.93. The Balaban J connectivity index is 3.01. The Bertz CT molecular complexity index is 84.6. The van der Waals surface area contributed by atoms with Gasteiger partial charge in [-0.05, 0) is 25.7 Å². The van der Waals surface area contributed by atoms with Crippen LogP contribution in [0.4, 0.5) is 0 Å². The van der Waals surface area contributed by atoms with E-state index in [0.29, 0.717) is 0 Å². The lowest BCUT2D eigenvalue weighted by Crippen LogP contribution is -1.91. The first kappa shape index (κ1) is 8.67. The van der Waals surface area contributed by atoms with Crippen LogP contribution in [0, 0.1) is 11.3 Å². The lowest BCUT2D eigenvalue weighted by molar-refractivity contribution is 0.564. The van der Waals surface area contributed by atoms with Crippen molar-refractivity contribution in [3.63, 3.8) is 0 Å². The molecule has 1 heteroatoms. The quantitative estimate of drug-likeness (QED) is 0.561. The zero-order valence-electron chi connectivity index (χ0n) is 6.70. The van der Waals surface area contributed by atoms with Crippen LogP contribution in [-0.2, 0) is 0 Å². The van der Waals surface area contributed by atoms with Gasteiger partial charge in [0.15, 0.2) is 0 Å². The minimum Gasteiger partial charge on any atom is -0.310 e. The number of rotatable bonds is 4. The number of hydrogen-bond acceptors (Lipinski definition) is 1. The van der Waals surface area contributed by atoms with Gasteiger partial charge in [-0.3, -0.25) is 0 Å². The molecule has 1 N–H and O–H groups in total. The Labute approximate surface area is 58.0 Å². The third kappa shape index (κ3) is 7.67. The van der Waals surface area contributed by atoms with Crippen LogP contribution in [0.2, 0.25) is 0 Å². The molecule has 0 unspecified atom stereocenters. The van der Waals surface area contributed by atoms with Crippen LogP contribution in [0.5, 0.6) is 0 Å². The molecular formula is C8H17N. The molecule has 0 rings (SSSR count). The summed E-state index contributed by atoms with van der Waals surface area (Å²) in [5, 5.41) is 7.14. The summed E-state index contributed by atoms with van der Waals surface area (Å²) in [7, 11) is 0. The summed E-state index contributed by atoms with van der Waals surface area (Å²) in [6.45, 7) is 6.32. The van der Waals surface area contributed by atoms with Crippen molar-refractivity contribution < 1.29 is 0 Å². The van der Waals surface area contributed by atoms with Crippen LogP contribution >= 0.6 is 0 Å². The molecule has 0 radical (unpaired) electrons. The van der Waals surface area contributed by atoms with Crippen molar-refractivity contribution in [2.75, 3.05) is 0 Å². The van der Waals surface area contributed by atoms with Crippen molar-refractivity contribution >= 4 is 5.71 Å². The first-order valence-electron chi connectivity index (χ1n) is 3.67. The van der Waals surface area contributed by atoms with Gasteiger partial charge in [-0.15, -0.1) is 0 Å². The molecule has 0 spiro atoms. The molecule has 0 saturated heterocycles. The van der Waals surface area contributed by atoms with Gasteiger partial charge >= 0.3 is 0 Å². The van der Waals surface area contributed by atoms with E-state index >= 15 is 0 Å². The summed E-state index contributed by atoms with van der Waals surface area (Å²) in [4.78, 5) is 0. The van der Waals surface area contributed by atoms with Gasteiger partial charge in [-0.2, -0.15) is 0 Å². The fourth-order valence-corrected chi connectivity index (χ4v) is 0.775. The molecule has 0 amide bonds. The van der Waals surface area contributed by atoms with Crippen LogP contribution in [0.3, 0.4) is 0 Å². The maximum atomic E-state index is 7.14. The molecule has 0 aromatic carbocycles. The molecular weight excluding hydrogens is 110 g/mol. The molecule has 0 saturated carbocycles. The summed E-state index contributed by atoms with van der Waals surface area (Å²) in [5.74, 6) is 0.796. The van der Waals surface area contributed by atoms with Gasteiger partial charge in [0, 0.05) is 5.71 Å². The molecule has 0 fully saturated rings. The fraction of sp³-hybridized carbons (Fsp3) is 0.875. The monoisotopic (exact) mass is 127 g/mol. The van der Waals surface area contributed by atoms with Gasteiger partial charge in [-0.25, -0.2) is 0 Å². The van der Waals surface area contributed by atoms with E-state index in [9.17, 15) is 0 Å². The minimum absolute atomic E-state index is 0.796. The maximum Gasteiger partial charge on any atom is 0.00582 e. The standard InChI is InChI=1S/C8H17N/c1-7(2)5-4-6-8(3)9/h7,9H,4-6H2,1-3H3. The minimum atomic E-state index is 0.796. The van der Waals surface area contributed by atoms with E-state index in [4.69, 9.17) is 5.41 Å². The highest BCUT2D eigenvalue weighted by molar-refractivity contribution is 5.78. The van der Waals surface area contributed by atoms with Crippen molar-refractivity contribution in [3.8, 4) is 0 Å². The van der Waals surface area contributed by atoms with Crippen LogP contribution in [0.1, 0.15) is 40.0 Å². The highest BCUT2D eigenvalue weighted by Crippen LogP contribution is 2.05. The first-order chi connectivity index (χ1) is 4.13. The zero-order valence-corrected chi connectivity index (χ0v) is 6.70. The van der Waals surface area contributed by atoms with Gasteiger partial charge < -0.3 is 5.41 Å². The molecule has 0 aromatic heterocycles. The third-order valence-electron chi connectivity index (χ3n) is 1.33. The number of hydrogen-bond donors (Lipinski definition) is 1. The second kappa shape index (κ2) is 4.54. The van der Waals surface area contributed by atoms with Gasteiger partial charge in [-0.1, -0.05) is 20.3 Å². The number of nitrogens with one attached hydrogen (secondary N) is 1. The van der Waals surface area contributed by atoms with Crippen molar-refractivity contribution in [3.05, 3.63) is 0 Å². The summed E-state index contributed by atoms with van der Waals surface area (Å²) in [6.07, 6.45) is 3.43. The van der Waals surface area contributed by atoms with E-state index < -0.39 is 0 Å². The predicted octanol–water partition coefficient (Wildman–Crippen LogP) is 2.85. The first-order valence-corrected chi connectivity index (χ1v) is 3.67. The van der Waals surface area contributed by atoms with Crippen LogP contribution in [0.25, 0.3) is 0 Å². The molecule has 0 heterocycles. The molecule has 0 aliphatic carbocycles. The average molecular weight is 127 g/mol. The Morgan fingerprint density at radius 3 is 2.33 bits per heavy atom. The molecule has 0 bridgehead atoms. The SMILES string of the molecule is CC(=N)CCCC(C)C. The van der Waals surface area contributed by atoms with Crippen molar-refractivity contribution in [2.24, 2.45) is 5.92 Å². The Morgan fingerprint density at radius 2 is 2.00 bits per heavy atom. The fourth-order valence-electron chi connectivity index (χ4n) is 0.775. The zero-order chi connectivity index (χ0) is 7.28. The van der Waals surface area contributed by atoms with Crippen molar-refractivity contribution in [1.82, 2.24) is 0 Å². The summed E-state index contributed by atoms with van der Waals surface area (Å²) in [5.41, 5.74) is 0.815. The summed E-state index contributed by atoms with van der Waals surface area (Å²) < 4.78 is 0. The maximum absolute atomic E-state index is 7.14. The molecule has 0 atom stereocenters. The highest BCUT2D eigenvalue weighted by atomic mass is 14.4. The largest absolute Gasteiger partial charge is 0.310 e. The molecule has 9 heavy (non-hydrogen) atoms. The molecule has 0 aliphatic heterocycles. The van der Waals surface area contributed by atoms with Crippen molar-refractivity contribution in [2.45, 2.75) is 40.0 Å². The smallest absolute Gasteiger partial charge is 0.00582 e. The predicted molar refractivity (Wildman–Crippen MR) is 42.1 cm³/mol. The molecule has 0 aliphatic rings. The van der Waals surface area contributed by atoms with E-state index in [2.05, 4.69) is 13.8 Å². The Morgan fingerprint density at radius 1 is 1.44 bits per heavy atom. The lowest BCUT2D eigenvalue weighted by Gasteiger charge is -2.01. The third-order valence-corrected chi connectivity index (χ3v) is 1.33. The van der Waals surface area contributed by atoms with Gasteiger partial charge in [0.1, 0.15) is 0 Å². The summed E-state index contributed by atoms with van der Waals surface area (Å²) >= 11 is 0. The van der Waals surface area contributed by atoms with E-state index in [1.54, 1.807) is 0 Å². The van der Waals surface area contributed by atoms with E-state index in [1.165, 1.54) is 12.8 Å². The van der Waals surface area contributed by atoms with Crippen LogP contribution in [0.15, 0.2) is 0 Å². The summed E-state index contributed by atoms with van der Waals surface area (Å²) in [6, 6.07) is 0. The van der Waals surface area contributed by atoms with Crippen LogP contribution < -0.4 is 0 Å². The second-order valence-electron chi connectivity index (χ2n) is 3.07. The van der Waals surface area contributed by atoms with Gasteiger partial charge in [0.05, 0.1) is 0 Å². The van der Waals surface area contributed by atoms with Gasteiger partial charge in [0.25, 0.3) is 0 Å². The Kier molecular flexibility index (Phi) is 4.37. The average Bonchev–Trinajstić information content (AvgIpc) is 1.63. The Hall–Kier alpha value is -0.330. The van der Waals surface area contributed by atoms with E-state index in [-0.39, 0.29) is 0 Å². The van der Waals surface area contributed by atoms with Crippen molar-refractivity contribution in [1.29, 1.82) is 5.41 Å². The van der Waals surface area contributed by atoms with Crippen LogP contribution in [-0.4, -0.2) is 5.71 Å². The molecule has 1 nitrogen and oxygen atoms in total. The lowest BCUT2D eigenvalue weighted by atomic mass is 10.1. The molecule has 54 valence electrons. The van der Waals surface area contributed by atoms with E-state index in [1.807, 2.05) is 6.92 Å². The van der Waals surface area contributed by atoms with Gasteiger partial charge in [0.2, 0.25) is 0 Å². The van der Waals surface area contributed by atoms with E-state index in [0.717, 1.165) is 18.1 Å². The topological polar surface area (TPSA) is 23.9 Å². The molecule has 0 aromatic rings.